The summed E-state index contributed by atoms with van der Waals surface area (Å²) in [6, 6.07) is 13.2. The molecule has 8 heteroatoms. The van der Waals surface area contributed by atoms with Gasteiger partial charge in [-0.1, -0.05) is 44.9 Å². The Hall–Kier alpha value is -2.71. The second kappa shape index (κ2) is 10.3. The van der Waals surface area contributed by atoms with E-state index in [2.05, 4.69) is 5.32 Å². The van der Waals surface area contributed by atoms with Gasteiger partial charge < -0.3 is 10.2 Å². The number of rotatable bonds is 7. The van der Waals surface area contributed by atoms with Crippen LogP contribution in [0.4, 0.5) is 5.69 Å². The Bertz CT molecular complexity index is 1140. The minimum absolute atomic E-state index is 0.129. The van der Waals surface area contributed by atoms with Crippen LogP contribution < -0.4 is 5.32 Å². The van der Waals surface area contributed by atoms with E-state index in [0.717, 1.165) is 31.2 Å². The van der Waals surface area contributed by atoms with Crippen LogP contribution in [0, 0.1) is 5.92 Å². The zero-order valence-corrected chi connectivity index (χ0v) is 20.7. The van der Waals surface area contributed by atoms with Gasteiger partial charge in [0.2, 0.25) is 15.9 Å². The fourth-order valence-electron chi connectivity index (χ4n) is 4.72. The van der Waals surface area contributed by atoms with E-state index in [4.69, 9.17) is 0 Å². The molecule has 0 saturated carbocycles. The maximum atomic E-state index is 13.3. The van der Waals surface area contributed by atoms with Gasteiger partial charge in [0, 0.05) is 30.9 Å². The number of carbonyl (C=O) groups is 2. The third-order valence-electron chi connectivity index (χ3n) is 6.55. The number of carbonyl (C=O) groups excluding carboxylic acids is 2. The van der Waals surface area contributed by atoms with E-state index in [9.17, 15) is 18.0 Å². The average molecular weight is 484 g/mol. The highest BCUT2D eigenvalue weighted by atomic mass is 32.2. The predicted molar refractivity (Wildman–Crippen MR) is 132 cm³/mol. The summed E-state index contributed by atoms with van der Waals surface area (Å²) in [5.41, 5.74) is 2.09. The van der Waals surface area contributed by atoms with Crippen LogP contribution in [0.25, 0.3) is 0 Å². The van der Waals surface area contributed by atoms with Crippen LogP contribution in [0.15, 0.2) is 53.4 Å². The Balaban J connectivity index is 1.48. The first kappa shape index (κ1) is 24.4. The minimum Gasteiger partial charge on any atom is -0.324 e. The number of anilines is 1. The smallest absolute Gasteiger partial charge is 0.255 e. The van der Waals surface area contributed by atoms with Crippen molar-refractivity contribution in [2.24, 2.45) is 5.92 Å². The molecule has 2 aliphatic heterocycles. The van der Waals surface area contributed by atoms with Crippen molar-refractivity contribution in [1.29, 1.82) is 0 Å². The van der Waals surface area contributed by atoms with Crippen LogP contribution in [0.3, 0.4) is 0 Å². The molecule has 34 heavy (non-hydrogen) atoms. The molecule has 182 valence electrons. The molecular weight excluding hydrogens is 450 g/mol. The van der Waals surface area contributed by atoms with Gasteiger partial charge in [0.1, 0.15) is 6.04 Å². The third-order valence-corrected chi connectivity index (χ3v) is 8.46. The minimum atomic E-state index is -3.55. The van der Waals surface area contributed by atoms with Crippen LogP contribution in [0.1, 0.15) is 61.9 Å². The molecule has 2 heterocycles. The maximum absolute atomic E-state index is 13.3. The summed E-state index contributed by atoms with van der Waals surface area (Å²) < 4.78 is 27.6. The normalized spacial score (nSPS) is 18.0. The highest BCUT2D eigenvalue weighted by molar-refractivity contribution is 7.89. The fourth-order valence-corrected chi connectivity index (χ4v) is 6.23. The largest absolute Gasteiger partial charge is 0.324 e. The first-order chi connectivity index (χ1) is 16.3. The molecule has 0 spiro atoms. The molecule has 1 atom stereocenters. The van der Waals surface area contributed by atoms with E-state index in [-0.39, 0.29) is 22.6 Å². The highest BCUT2D eigenvalue weighted by Crippen LogP contribution is 2.28. The lowest BCUT2D eigenvalue weighted by Gasteiger charge is -2.28. The van der Waals surface area contributed by atoms with Crippen molar-refractivity contribution < 1.29 is 18.0 Å². The van der Waals surface area contributed by atoms with E-state index < -0.39 is 16.1 Å². The molecule has 0 bridgehead atoms. The van der Waals surface area contributed by atoms with Gasteiger partial charge in [0.15, 0.2) is 0 Å². The number of benzene rings is 2. The summed E-state index contributed by atoms with van der Waals surface area (Å²) in [6.07, 6.45) is 4.40. The Kier molecular flexibility index (Phi) is 7.38. The average Bonchev–Trinajstić information content (AvgIpc) is 2.98. The van der Waals surface area contributed by atoms with E-state index in [1.54, 1.807) is 39.5 Å². The van der Waals surface area contributed by atoms with Gasteiger partial charge in [-0.05, 0) is 61.1 Å². The van der Waals surface area contributed by atoms with E-state index in [1.165, 1.54) is 0 Å². The van der Waals surface area contributed by atoms with Crippen molar-refractivity contribution in [3.8, 4) is 0 Å². The van der Waals surface area contributed by atoms with Crippen LogP contribution in [-0.2, 0) is 21.4 Å². The van der Waals surface area contributed by atoms with Gasteiger partial charge in [0.25, 0.3) is 5.91 Å². The number of nitrogens with one attached hydrogen (secondary N) is 1. The molecule has 1 unspecified atom stereocenters. The maximum Gasteiger partial charge on any atom is 0.255 e. The Morgan fingerprint density at radius 2 is 1.62 bits per heavy atom. The van der Waals surface area contributed by atoms with Gasteiger partial charge in [0.05, 0.1) is 4.90 Å². The first-order valence-electron chi connectivity index (χ1n) is 12.1. The number of amides is 2. The van der Waals surface area contributed by atoms with Crippen molar-refractivity contribution >= 4 is 27.5 Å². The summed E-state index contributed by atoms with van der Waals surface area (Å²) in [7, 11) is -3.55. The Morgan fingerprint density at radius 3 is 2.24 bits per heavy atom. The molecule has 0 radical (unpaired) electrons. The van der Waals surface area contributed by atoms with Crippen molar-refractivity contribution in [3.05, 3.63) is 59.7 Å². The molecule has 2 aromatic rings. The number of hydrogen-bond acceptors (Lipinski definition) is 4. The fraction of sp³-hybridized carbons (Fsp3) is 0.462. The van der Waals surface area contributed by atoms with Gasteiger partial charge in [-0.15, -0.1) is 0 Å². The number of nitrogens with zero attached hydrogens (tertiary/aromatic N) is 2. The summed E-state index contributed by atoms with van der Waals surface area (Å²) in [6.45, 7) is 5.55. The lowest BCUT2D eigenvalue weighted by Crippen LogP contribution is -2.45. The van der Waals surface area contributed by atoms with Crippen LogP contribution in [0.2, 0.25) is 0 Å². The lowest BCUT2D eigenvalue weighted by molar-refractivity contribution is -0.121. The van der Waals surface area contributed by atoms with E-state index in [0.29, 0.717) is 37.3 Å². The van der Waals surface area contributed by atoms with E-state index in [1.807, 2.05) is 32.0 Å². The van der Waals surface area contributed by atoms with Gasteiger partial charge in [-0.25, -0.2) is 8.42 Å². The van der Waals surface area contributed by atoms with Crippen LogP contribution in [0.5, 0.6) is 0 Å². The molecule has 2 aromatic carbocycles. The quantitative estimate of drug-likeness (QED) is 0.638. The number of fused-ring (bicyclic) bond motifs is 1. The summed E-state index contributed by atoms with van der Waals surface area (Å²) in [5.74, 6) is -0.179. The number of hydrogen-bond donors (Lipinski definition) is 1. The second-order valence-corrected chi connectivity index (χ2v) is 11.5. The molecule has 2 aliphatic rings. The lowest BCUT2D eigenvalue weighted by atomic mass is 10.0. The van der Waals surface area contributed by atoms with Crippen LogP contribution >= 0.6 is 0 Å². The van der Waals surface area contributed by atoms with Crippen molar-refractivity contribution in [3.63, 3.8) is 0 Å². The molecular formula is C26H33N3O4S. The first-order valence-corrected chi connectivity index (χ1v) is 13.5. The molecule has 1 N–H and O–H groups in total. The molecule has 1 fully saturated rings. The molecule has 4 rings (SSSR count). The molecule has 0 aliphatic carbocycles. The Labute approximate surface area is 202 Å². The third kappa shape index (κ3) is 5.18. The zero-order chi connectivity index (χ0) is 24.3. The SMILES string of the molecule is CC(C)CC(C(=O)Nc1ccc(S(=O)(=O)N2CCCCCC2)cc1)N1Cc2ccccc2C1=O. The molecule has 1 saturated heterocycles. The van der Waals surface area contributed by atoms with Crippen molar-refractivity contribution in [2.45, 2.75) is 63.4 Å². The molecule has 0 aromatic heterocycles. The van der Waals surface area contributed by atoms with E-state index >= 15 is 0 Å². The summed E-state index contributed by atoms with van der Waals surface area (Å²) >= 11 is 0. The molecule has 7 nitrogen and oxygen atoms in total. The second-order valence-electron chi connectivity index (χ2n) is 9.57. The summed E-state index contributed by atoms with van der Waals surface area (Å²) in [4.78, 5) is 28.1. The zero-order valence-electron chi connectivity index (χ0n) is 19.9. The van der Waals surface area contributed by atoms with Crippen molar-refractivity contribution in [2.75, 3.05) is 18.4 Å². The topological polar surface area (TPSA) is 86.8 Å². The highest BCUT2D eigenvalue weighted by Gasteiger charge is 2.36. The van der Waals surface area contributed by atoms with Gasteiger partial charge >= 0.3 is 0 Å². The van der Waals surface area contributed by atoms with Gasteiger partial charge in [-0.2, -0.15) is 4.31 Å². The van der Waals surface area contributed by atoms with Gasteiger partial charge in [-0.3, -0.25) is 9.59 Å². The summed E-state index contributed by atoms with van der Waals surface area (Å²) in [5, 5.41) is 2.90. The molecule has 2 amide bonds. The van der Waals surface area contributed by atoms with Crippen molar-refractivity contribution in [1.82, 2.24) is 9.21 Å². The van der Waals surface area contributed by atoms with Crippen LogP contribution in [-0.4, -0.2) is 48.6 Å². The Morgan fingerprint density at radius 1 is 0.971 bits per heavy atom. The standard InChI is InChI=1S/C26H33N3O4S/c1-19(2)17-24(29-18-20-9-5-6-10-23(20)26(29)31)25(30)27-21-11-13-22(14-12-21)34(32,33)28-15-7-3-4-8-16-28/h5-6,9-14,19,24H,3-4,7-8,15-18H2,1-2H3,(H,27,30). The predicted octanol–water partition coefficient (Wildman–Crippen LogP) is 4.26. The monoisotopic (exact) mass is 483 g/mol. The number of sulfonamides is 1.